The Labute approximate surface area is 104 Å². The number of hydrogen-bond donors (Lipinski definition) is 1. The van der Waals surface area contributed by atoms with Gasteiger partial charge >= 0.3 is 0 Å². The first-order valence-corrected chi connectivity index (χ1v) is 6.23. The molecule has 0 heterocycles. The average Bonchev–Trinajstić information content (AvgIpc) is 3.05. The molecule has 0 unspecified atom stereocenters. The van der Waals surface area contributed by atoms with E-state index in [1.807, 2.05) is 24.1 Å². The van der Waals surface area contributed by atoms with Gasteiger partial charge in [-0.1, -0.05) is 28.1 Å². The second-order valence-electron chi connectivity index (χ2n) is 4.20. The second kappa shape index (κ2) is 4.87. The lowest BCUT2D eigenvalue weighted by atomic mass is 10.2. The molecule has 0 aromatic heterocycles. The maximum atomic E-state index is 5.90. The van der Waals surface area contributed by atoms with E-state index < -0.39 is 0 Å². The molecule has 0 spiro atoms. The van der Waals surface area contributed by atoms with Crippen molar-refractivity contribution in [2.75, 3.05) is 7.05 Å². The summed E-state index contributed by atoms with van der Waals surface area (Å²) in [5.41, 5.74) is 7.14. The van der Waals surface area contributed by atoms with Crippen molar-refractivity contribution in [3.8, 4) is 0 Å². The van der Waals surface area contributed by atoms with Crippen LogP contribution < -0.4 is 5.73 Å². The van der Waals surface area contributed by atoms with Crippen molar-refractivity contribution in [3.63, 3.8) is 0 Å². The molecule has 4 heteroatoms. The van der Waals surface area contributed by atoms with Crippen molar-refractivity contribution in [2.24, 2.45) is 10.7 Å². The molecule has 1 aliphatic rings. The number of rotatable bonds is 3. The molecule has 2 N–H and O–H groups in total. The summed E-state index contributed by atoms with van der Waals surface area (Å²) >= 11 is 3.42. The Bertz CT molecular complexity index is 382. The number of nitrogens with two attached hydrogens (primary N) is 1. The lowest BCUT2D eigenvalue weighted by molar-refractivity contribution is 0.492. The van der Waals surface area contributed by atoms with Crippen LogP contribution in [-0.2, 0) is 6.54 Å². The van der Waals surface area contributed by atoms with Gasteiger partial charge in [0.2, 0.25) is 0 Å². The van der Waals surface area contributed by atoms with Gasteiger partial charge in [-0.25, -0.2) is 4.99 Å². The van der Waals surface area contributed by atoms with E-state index in [-0.39, 0.29) is 0 Å². The van der Waals surface area contributed by atoms with Crippen molar-refractivity contribution in [2.45, 2.75) is 25.4 Å². The predicted molar refractivity (Wildman–Crippen MR) is 70.3 cm³/mol. The molecule has 86 valence electrons. The van der Waals surface area contributed by atoms with Gasteiger partial charge in [0.15, 0.2) is 5.96 Å². The van der Waals surface area contributed by atoms with Crippen LogP contribution in [0.25, 0.3) is 0 Å². The van der Waals surface area contributed by atoms with Crippen molar-refractivity contribution in [3.05, 3.63) is 34.3 Å². The third kappa shape index (κ3) is 3.23. The topological polar surface area (TPSA) is 41.6 Å². The van der Waals surface area contributed by atoms with Gasteiger partial charge in [-0.3, -0.25) is 0 Å². The molecule has 0 radical (unpaired) electrons. The summed E-state index contributed by atoms with van der Waals surface area (Å²) in [6.07, 6.45) is 2.37. The second-order valence-corrected chi connectivity index (χ2v) is 5.12. The van der Waals surface area contributed by atoms with Gasteiger partial charge in [0.1, 0.15) is 0 Å². The Morgan fingerprint density at radius 2 is 2.06 bits per heavy atom. The van der Waals surface area contributed by atoms with Gasteiger partial charge in [-0.05, 0) is 30.5 Å². The third-order valence-corrected chi connectivity index (χ3v) is 3.11. The van der Waals surface area contributed by atoms with Crippen LogP contribution in [0.1, 0.15) is 18.4 Å². The van der Waals surface area contributed by atoms with E-state index in [4.69, 9.17) is 5.73 Å². The number of benzene rings is 1. The number of aliphatic imine (C=N–C) groups is 1. The minimum atomic E-state index is 0.479. The molecule has 1 saturated carbocycles. The van der Waals surface area contributed by atoms with E-state index in [2.05, 4.69) is 33.1 Å². The van der Waals surface area contributed by atoms with Gasteiger partial charge in [0, 0.05) is 18.1 Å². The normalized spacial score (nSPS) is 16.2. The Balaban J connectivity index is 1.95. The lowest BCUT2D eigenvalue weighted by Crippen LogP contribution is -2.33. The smallest absolute Gasteiger partial charge is 0.191 e. The molecule has 3 nitrogen and oxygen atoms in total. The maximum Gasteiger partial charge on any atom is 0.191 e. The number of hydrogen-bond acceptors (Lipinski definition) is 1. The van der Waals surface area contributed by atoms with Crippen molar-refractivity contribution in [1.29, 1.82) is 0 Å². The van der Waals surface area contributed by atoms with Crippen LogP contribution >= 0.6 is 15.9 Å². The molecule has 1 aromatic carbocycles. The Morgan fingerprint density at radius 1 is 1.44 bits per heavy atom. The molecular formula is C12H16BrN3. The SMILES string of the molecule is CN(Cc1ccc(Br)cc1)C(N)=NC1CC1. The fraction of sp³-hybridized carbons (Fsp3) is 0.417. The standard InChI is InChI=1S/C12H16BrN3/c1-16(12(14)15-11-6-7-11)8-9-2-4-10(13)5-3-9/h2-5,11H,6-8H2,1H3,(H2,14,15). The van der Waals surface area contributed by atoms with Crippen LogP contribution in [0.2, 0.25) is 0 Å². The highest BCUT2D eigenvalue weighted by molar-refractivity contribution is 9.10. The van der Waals surface area contributed by atoms with E-state index in [1.165, 1.54) is 18.4 Å². The summed E-state index contributed by atoms with van der Waals surface area (Å²) in [5.74, 6) is 0.644. The molecule has 0 atom stereocenters. The summed E-state index contributed by atoms with van der Waals surface area (Å²) in [7, 11) is 1.98. The van der Waals surface area contributed by atoms with Gasteiger partial charge in [0.25, 0.3) is 0 Å². The van der Waals surface area contributed by atoms with Crippen LogP contribution in [0, 0.1) is 0 Å². The van der Waals surface area contributed by atoms with Crippen molar-refractivity contribution in [1.82, 2.24) is 4.90 Å². The quantitative estimate of drug-likeness (QED) is 0.683. The summed E-state index contributed by atoms with van der Waals surface area (Å²) < 4.78 is 1.10. The molecule has 16 heavy (non-hydrogen) atoms. The van der Waals surface area contributed by atoms with E-state index in [0.29, 0.717) is 12.0 Å². The Kier molecular flexibility index (Phi) is 3.49. The molecular weight excluding hydrogens is 266 g/mol. The first-order chi connectivity index (χ1) is 7.65. The molecule has 1 aromatic rings. The minimum Gasteiger partial charge on any atom is -0.370 e. The largest absolute Gasteiger partial charge is 0.370 e. The van der Waals surface area contributed by atoms with Gasteiger partial charge < -0.3 is 10.6 Å². The predicted octanol–water partition coefficient (Wildman–Crippen LogP) is 2.36. The van der Waals surface area contributed by atoms with Crippen LogP contribution in [0.4, 0.5) is 0 Å². The fourth-order valence-corrected chi connectivity index (χ4v) is 1.70. The molecule has 0 bridgehead atoms. The molecule has 0 aliphatic heterocycles. The lowest BCUT2D eigenvalue weighted by Gasteiger charge is -2.18. The average molecular weight is 282 g/mol. The molecule has 0 amide bonds. The zero-order valence-corrected chi connectivity index (χ0v) is 10.9. The van der Waals surface area contributed by atoms with E-state index in [9.17, 15) is 0 Å². The zero-order valence-electron chi connectivity index (χ0n) is 9.36. The van der Waals surface area contributed by atoms with Crippen LogP contribution in [0.5, 0.6) is 0 Å². The van der Waals surface area contributed by atoms with E-state index in [0.717, 1.165) is 11.0 Å². The van der Waals surface area contributed by atoms with Crippen molar-refractivity contribution < 1.29 is 0 Å². The Morgan fingerprint density at radius 3 is 2.62 bits per heavy atom. The first-order valence-electron chi connectivity index (χ1n) is 5.44. The van der Waals surface area contributed by atoms with E-state index in [1.54, 1.807) is 0 Å². The molecule has 2 rings (SSSR count). The minimum absolute atomic E-state index is 0.479. The van der Waals surface area contributed by atoms with Gasteiger partial charge in [-0.15, -0.1) is 0 Å². The van der Waals surface area contributed by atoms with Crippen LogP contribution in [0.15, 0.2) is 33.7 Å². The van der Waals surface area contributed by atoms with Gasteiger partial charge in [0.05, 0.1) is 6.04 Å². The highest BCUT2D eigenvalue weighted by atomic mass is 79.9. The number of guanidine groups is 1. The Hall–Kier alpha value is -1.03. The number of halogens is 1. The highest BCUT2D eigenvalue weighted by Crippen LogP contribution is 2.23. The third-order valence-electron chi connectivity index (χ3n) is 2.59. The van der Waals surface area contributed by atoms with E-state index >= 15 is 0 Å². The molecule has 1 fully saturated rings. The van der Waals surface area contributed by atoms with Crippen LogP contribution in [-0.4, -0.2) is 23.9 Å². The molecule has 1 aliphatic carbocycles. The van der Waals surface area contributed by atoms with Crippen LogP contribution in [0.3, 0.4) is 0 Å². The fourth-order valence-electron chi connectivity index (χ4n) is 1.43. The summed E-state index contributed by atoms with van der Waals surface area (Å²) in [6, 6.07) is 8.73. The van der Waals surface area contributed by atoms with Gasteiger partial charge in [-0.2, -0.15) is 0 Å². The highest BCUT2D eigenvalue weighted by Gasteiger charge is 2.21. The summed E-state index contributed by atoms with van der Waals surface area (Å²) in [5, 5.41) is 0. The molecule has 0 saturated heterocycles. The summed E-state index contributed by atoms with van der Waals surface area (Å²) in [6.45, 7) is 0.801. The first kappa shape index (κ1) is 11.5. The monoisotopic (exact) mass is 281 g/mol. The maximum absolute atomic E-state index is 5.90. The zero-order chi connectivity index (χ0) is 11.5. The summed E-state index contributed by atoms with van der Waals surface area (Å²) in [4.78, 5) is 6.40. The number of nitrogens with zero attached hydrogens (tertiary/aromatic N) is 2. The van der Waals surface area contributed by atoms with Crippen molar-refractivity contribution >= 4 is 21.9 Å².